The molecule has 0 atom stereocenters. The first-order valence-electron chi connectivity index (χ1n) is 6.46. The molecule has 0 saturated heterocycles. The molecule has 1 aromatic rings. The van der Waals surface area contributed by atoms with Crippen molar-refractivity contribution in [1.29, 1.82) is 0 Å². The highest BCUT2D eigenvalue weighted by atomic mass is 19.3. The summed E-state index contributed by atoms with van der Waals surface area (Å²) < 4.78 is 28.4. The van der Waals surface area contributed by atoms with Crippen LogP contribution in [0.4, 0.5) is 8.78 Å². The molecule has 1 aliphatic carbocycles. The van der Waals surface area contributed by atoms with Gasteiger partial charge in [0.2, 0.25) is 0 Å². The number of fused-ring (bicyclic) bond motifs is 1. The quantitative estimate of drug-likeness (QED) is 0.902. The van der Waals surface area contributed by atoms with Gasteiger partial charge in [0.25, 0.3) is 5.92 Å². The SMILES string of the molecule is CC(C)(CC(F)(F)c1ccc2c(c1)CCC2)C(=O)O. The number of benzene rings is 1. The number of hydrogen-bond donors (Lipinski definition) is 1. The molecule has 1 N–H and O–H groups in total. The highest BCUT2D eigenvalue weighted by Gasteiger charge is 2.42. The summed E-state index contributed by atoms with van der Waals surface area (Å²) in [6.45, 7) is 2.66. The van der Waals surface area contributed by atoms with E-state index in [-0.39, 0.29) is 5.56 Å². The average Bonchev–Trinajstić information content (AvgIpc) is 2.73. The number of hydrogen-bond acceptors (Lipinski definition) is 1. The van der Waals surface area contributed by atoms with Gasteiger partial charge in [0.05, 0.1) is 5.41 Å². The molecule has 2 rings (SSSR count). The second-order valence-electron chi connectivity index (χ2n) is 5.91. The molecule has 0 unspecified atom stereocenters. The van der Waals surface area contributed by atoms with Crippen molar-refractivity contribution in [3.8, 4) is 0 Å². The van der Waals surface area contributed by atoms with E-state index in [2.05, 4.69) is 0 Å². The number of rotatable bonds is 4. The van der Waals surface area contributed by atoms with E-state index in [9.17, 15) is 13.6 Å². The van der Waals surface area contributed by atoms with Crippen molar-refractivity contribution in [2.24, 2.45) is 5.41 Å². The number of carboxylic acid groups (broad SMARTS) is 1. The maximum atomic E-state index is 14.2. The molecule has 4 heteroatoms. The van der Waals surface area contributed by atoms with Gasteiger partial charge in [-0.2, -0.15) is 0 Å². The fourth-order valence-electron chi connectivity index (χ4n) is 2.53. The van der Waals surface area contributed by atoms with Crippen molar-refractivity contribution in [3.05, 3.63) is 34.9 Å². The second-order valence-corrected chi connectivity index (χ2v) is 5.91. The Bertz CT molecular complexity index is 507. The van der Waals surface area contributed by atoms with E-state index in [1.165, 1.54) is 19.9 Å². The summed E-state index contributed by atoms with van der Waals surface area (Å²) in [4.78, 5) is 11.0. The number of halogens is 2. The van der Waals surface area contributed by atoms with Crippen molar-refractivity contribution in [2.75, 3.05) is 0 Å². The first-order chi connectivity index (χ1) is 8.72. The highest BCUT2D eigenvalue weighted by Crippen LogP contribution is 2.41. The number of carboxylic acids is 1. The largest absolute Gasteiger partial charge is 0.481 e. The molecule has 0 aromatic heterocycles. The van der Waals surface area contributed by atoms with Gasteiger partial charge in [0.1, 0.15) is 0 Å². The molecule has 0 heterocycles. The summed E-state index contributed by atoms with van der Waals surface area (Å²) >= 11 is 0. The molecule has 1 aromatic carbocycles. The Kier molecular flexibility index (Phi) is 3.37. The van der Waals surface area contributed by atoms with Crippen LogP contribution in [-0.2, 0) is 23.6 Å². The van der Waals surface area contributed by atoms with Gasteiger partial charge in [-0.05, 0) is 50.3 Å². The lowest BCUT2D eigenvalue weighted by molar-refractivity contribution is -0.153. The third-order valence-electron chi connectivity index (χ3n) is 3.76. The van der Waals surface area contributed by atoms with Gasteiger partial charge in [0.15, 0.2) is 0 Å². The van der Waals surface area contributed by atoms with Crippen LogP contribution in [0, 0.1) is 5.41 Å². The molecule has 0 fully saturated rings. The van der Waals surface area contributed by atoms with Crippen molar-refractivity contribution in [3.63, 3.8) is 0 Å². The predicted molar refractivity (Wildman–Crippen MR) is 68.4 cm³/mol. The van der Waals surface area contributed by atoms with Gasteiger partial charge in [-0.15, -0.1) is 0 Å². The van der Waals surface area contributed by atoms with Crippen LogP contribution in [-0.4, -0.2) is 11.1 Å². The molecule has 0 bridgehead atoms. The van der Waals surface area contributed by atoms with Crippen molar-refractivity contribution in [2.45, 2.75) is 45.5 Å². The molecule has 1 aliphatic rings. The van der Waals surface area contributed by atoms with Gasteiger partial charge in [0, 0.05) is 12.0 Å². The summed E-state index contributed by atoms with van der Waals surface area (Å²) in [7, 11) is 0. The normalized spacial score (nSPS) is 15.4. The Morgan fingerprint density at radius 1 is 1.26 bits per heavy atom. The van der Waals surface area contributed by atoms with E-state index in [1.54, 1.807) is 12.1 Å². The second kappa shape index (κ2) is 4.58. The Morgan fingerprint density at radius 3 is 2.53 bits per heavy atom. The lowest BCUT2D eigenvalue weighted by Crippen LogP contribution is -2.31. The molecule has 0 saturated carbocycles. The minimum atomic E-state index is -3.11. The fourth-order valence-corrected chi connectivity index (χ4v) is 2.53. The van der Waals surface area contributed by atoms with E-state index in [0.717, 1.165) is 30.4 Å². The lowest BCUT2D eigenvalue weighted by Gasteiger charge is -2.26. The molecule has 104 valence electrons. The summed E-state index contributed by atoms with van der Waals surface area (Å²) in [6.07, 6.45) is 2.10. The molecule has 0 radical (unpaired) electrons. The Labute approximate surface area is 111 Å². The monoisotopic (exact) mass is 268 g/mol. The standard InChI is InChI=1S/C15H18F2O2/c1-14(2,13(18)19)9-15(16,17)12-7-6-10-4-3-5-11(10)8-12/h6-8H,3-5,9H2,1-2H3,(H,18,19). The summed E-state index contributed by atoms with van der Waals surface area (Å²) in [5.74, 6) is -4.31. The Hall–Kier alpha value is -1.45. The smallest absolute Gasteiger partial charge is 0.309 e. The number of alkyl halides is 2. The van der Waals surface area contributed by atoms with Crippen molar-refractivity contribution in [1.82, 2.24) is 0 Å². The number of carbonyl (C=O) groups is 1. The third-order valence-corrected chi connectivity index (χ3v) is 3.76. The third kappa shape index (κ3) is 2.77. The van der Waals surface area contributed by atoms with Crippen molar-refractivity contribution < 1.29 is 18.7 Å². The molecule has 0 amide bonds. The van der Waals surface area contributed by atoms with Crippen LogP contribution >= 0.6 is 0 Å². The lowest BCUT2D eigenvalue weighted by atomic mass is 9.84. The average molecular weight is 268 g/mol. The zero-order valence-electron chi connectivity index (χ0n) is 11.2. The number of aliphatic carboxylic acids is 1. The van der Waals surface area contributed by atoms with Crippen LogP contribution in [0.15, 0.2) is 18.2 Å². The molecule has 0 spiro atoms. The van der Waals surface area contributed by atoms with Crippen LogP contribution in [0.25, 0.3) is 0 Å². The van der Waals surface area contributed by atoms with Gasteiger partial charge >= 0.3 is 5.97 Å². The van der Waals surface area contributed by atoms with E-state index >= 15 is 0 Å². The summed E-state index contributed by atoms with van der Waals surface area (Å²) in [5.41, 5.74) is 0.604. The summed E-state index contributed by atoms with van der Waals surface area (Å²) in [5, 5.41) is 8.97. The fraction of sp³-hybridized carbons (Fsp3) is 0.533. The topological polar surface area (TPSA) is 37.3 Å². The number of aryl methyl sites for hydroxylation is 2. The van der Waals surface area contributed by atoms with Gasteiger partial charge in [-0.3, -0.25) is 4.79 Å². The maximum Gasteiger partial charge on any atom is 0.309 e. The van der Waals surface area contributed by atoms with Crippen LogP contribution in [0.1, 0.15) is 43.4 Å². The van der Waals surface area contributed by atoms with Crippen LogP contribution in [0.5, 0.6) is 0 Å². The Balaban J connectivity index is 2.27. The Morgan fingerprint density at radius 2 is 1.89 bits per heavy atom. The van der Waals surface area contributed by atoms with Crippen LogP contribution in [0.3, 0.4) is 0 Å². The zero-order valence-corrected chi connectivity index (χ0v) is 11.2. The van der Waals surface area contributed by atoms with Gasteiger partial charge in [-0.25, -0.2) is 8.78 Å². The first-order valence-corrected chi connectivity index (χ1v) is 6.46. The van der Waals surface area contributed by atoms with Crippen LogP contribution < -0.4 is 0 Å². The molecule has 0 aliphatic heterocycles. The van der Waals surface area contributed by atoms with Crippen molar-refractivity contribution >= 4 is 5.97 Å². The molecule has 2 nitrogen and oxygen atoms in total. The van der Waals surface area contributed by atoms with E-state index in [0.29, 0.717) is 0 Å². The summed E-state index contributed by atoms with van der Waals surface area (Å²) in [6, 6.07) is 4.72. The van der Waals surface area contributed by atoms with Crippen LogP contribution in [0.2, 0.25) is 0 Å². The minimum Gasteiger partial charge on any atom is -0.481 e. The maximum absolute atomic E-state index is 14.2. The van der Waals surface area contributed by atoms with E-state index in [4.69, 9.17) is 5.11 Å². The van der Waals surface area contributed by atoms with E-state index < -0.39 is 23.7 Å². The molecular formula is C15H18F2O2. The highest BCUT2D eigenvalue weighted by molar-refractivity contribution is 5.73. The van der Waals surface area contributed by atoms with Gasteiger partial charge in [-0.1, -0.05) is 12.1 Å². The first kappa shape index (κ1) is 14.0. The minimum absolute atomic E-state index is 0.0672. The molecule has 19 heavy (non-hydrogen) atoms. The van der Waals surface area contributed by atoms with Gasteiger partial charge < -0.3 is 5.11 Å². The predicted octanol–water partition coefficient (Wildman–Crippen LogP) is 3.77. The zero-order chi connectivity index (χ0) is 14.3. The van der Waals surface area contributed by atoms with E-state index in [1.807, 2.05) is 0 Å². The molecular weight excluding hydrogens is 250 g/mol.